The highest BCUT2D eigenvalue weighted by atomic mass is 19.1. The molecule has 0 aliphatic carbocycles. The van der Waals surface area contributed by atoms with Crippen molar-refractivity contribution < 1.29 is 18.8 Å². The zero-order valence-corrected chi connectivity index (χ0v) is 18.8. The summed E-state index contributed by atoms with van der Waals surface area (Å²) in [5, 5.41) is 5.62. The van der Waals surface area contributed by atoms with Gasteiger partial charge in [-0.05, 0) is 61.2 Å². The lowest BCUT2D eigenvalue weighted by atomic mass is 10.1. The molecule has 2 aromatic rings. The van der Waals surface area contributed by atoms with Gasteiger partial charge in [-0.25, -0.2) is 4.39 Å². The zero-order valence-electron chi connectivity index (χ0n) is 18.8. The molecule has 0 radical (unpaired) electrons. The van der Waals surface area contributed by atoms with Crippen molar-refractivity contribution in [3.05, 3.63) is 65.5 Å². The summed E-state index contributed by atoms with van der Waals surface area (Å²) in [7, 11) is 0. The lowest BCUT2D eigenvalue weighted by Gasteiger charge is -2.21. The van der Waals surface area contributed by atoms with Gasteiger partial charge in [0, 0.05) is 43.7 Å². The molecule has 0 aliphatic rings. The molecule has 2 rings (SSSR count). The first-order chi connectivity index (χ1) is 15.4. The van der Waals surface area contributed by atoms with Gasteiger partial charge in [-0.1, -0.05) is 26.0 Å². The Labute approximate surface area is 189 Å². The molecule has 0 atom stereocenters. The van der Waals surface area contributed by atoms with Crippen molar-refractivity contribution >= 4 is 23.4 Å². The summed E-state index contributed by atoms with van der Waals surface area (Å²) in [4.78, 5) is 38.6. The molecule has 0 saturated heterocycles. The monoisotopic (exact) mass is 441 g/mol. The second-order valence-electron chi connectivity index (χ2n) is 7.67. The smallest absolute Gasteiger partial charge is 0.255 e. The minimum atomic E-state index is -0.400. The van der Waals surface area contributed by atoms with E-state index in [1.165, 1.54) is 24.3 Å². The maximum atomic E-state index is 13.0. The predicted octanol–water partition coefficient (Wildman–Crippen LogP) is 4.51. The summed E-state index contributed by atoms with van der Waals surface area (Å²) in [6.45, 7) is 5.93. The van der Waals surface area contributed by atoms with Gasteiger partial charge in [0.2, 0.25) is 11.8 Å². The van der Waals surface area contributed by atoms with E-state index in [1.54, 1.807) is 18.2 Å². The number of carbonyl (C=O) groups is 3. The normalized spacial score (nSPS) is 10.5. The van der Waals surface area contributed by atoms with Gasteiger partial charge in [-0.2, -0.15) is 0 Å². The van der Waals surface area contributed by atoms with E-state index in [4.69, 9.17) is 0 Å². The average molecular weight is 442 g/mol. The quantitative estimate of drug-likeness (QED) is 0.509. The van der Waals surface area contributed by atoms with Crippen LogP contribution >= 0.6 is 0 Å². The molecule has 0 aliphatic heterocycles. The molecule has 3 amide bonds. The molecule has 0 fully saturated rings. The summed E-state index contributed by atoms with van der Waals surface area (Å²) in [6.07, 6.45) is 3.03. The van der Waals surface area contributed by atoms with Gasteiger partial charge in [0.15, 0.2) is 0 Å². The van der Waals surface area contributed by atoms with Crippen LogP contribution in [-0.4, -0.2) is 35.7 Å². The van der Waals surface area contributed by atoms with Crippen molar-refractivity contribution in [2.75, 3.05) is 18.4 Å². The van der Waals surface area contributed by atoms with E-state index in [0.717, 1.165) is 31.5 Å². The Kier molecular flexibility index (Phi) is 10.4. The Balaban J connectivity index is 1.77. The summed E-state index contributed by atoms with van der Waals surface area (Å²) in [5.74, 6) is -0.749. The standard InChI is InChI=1S/C25H32FN3O3/c1-3-15-29(16-4-2)24(31)10-6-9-23(30)27-18-19-7-5-8-22(17-19)28-25(32)20-11-13-21(26)14-12-20/h5,7-8,11-14,17H,3-4,6,9-10,15-16,18H2,1-2H3,(H,27,30)(H,28,32). The van der Waals surface area contributed by atoms with Crippen LogP contribution in [0.15, 0.2) is 48.5 Å². The Bertz CT molecular complexity index is 894. The molecule has 7 heteroatoms. The number of hydrogen-bond acceptors (Lipinski definition) is 3. The third kappa shape index (κ3) is 8.49. The van der Waals surface area contributed by atoms with Crippen LogP contribution in [0.1, 0.15) is 61.9 Å². The number of rotatable bonds is 12. The molecule has 6 nitrogen and oxygen atoms in total. The predicted molar refractivity (Wildman–Crippen MR) is 124 cm³/mol. The van der Waals surface area contributed by atoms with E-state index >= 15 is 0 Å². The SMILES string of the molecule is CCCN(CCC)C(=O)CCCC(=O)NCc1cccc(NC(=O)c2ccc(F)cc2)c1. The highest BCUT2D eigenvalue weighted by Gasteiger charge is 2.12. The third-order valence-corrected chi connectivity index (χ3v) is 4.92. The first-order valence-corrected chi connectivity index (χ1v) is 11.1. The van der Waals surface area contributed by atoms with Gasteiger partial charge in [-0.3, -0.25) is 14.4 Å². The number of anilines is 1. The molecule has 0 heterocycles. The van der Waals surface area contributed by atoms with Crippen LogP contribution in [0.4, 0.5) is 10.1 Å². The van der Waals surface area contributed by atoms with Crippen LogP contribution in [-0.2, 0) is 16.1 Å². The molecular formula is C25H32FN3O3. The molecule has 2 aromatic carbocycles. The number of carbonyl (C=O) groups excluding carboxylic acids is 3. The van der Waals surface area contributed by atoms with Crippen LogP contribution in [0.3, 0.4) is 0 Å². The van der Waals surface area contributed by atoms with Crippen LogP contribution in [0.5, 0.6) is 0 Å². The number of halogens is 1. The number of benzene rings is 2. The van der Waals surface area contributed by atoms with Crippen molar-refractivity contribution in [2.45, 2.75) is 52.5 Å². The van der Waals surface area contributed by atoms with Crippen LogP contribution < -0.4 is 10.6 Å². The summed E-state index contributed by atoms with van der Waals surface area (Å²) in [6, 6.07) is 12.5. The zero-order chi connectivity index (χ0) is 23.3. The molecule has 0 spiro atoms. The lowest BCUT2D eigenvalue weighted by molar-refractivity contribution is -0.131. The molecule has 0 aromatic heterocycles. The van der Waals surface area contributed by atoms with E-state index in [1.807, 2.05) is 24.8 Å². The molecular weight excluding hydrogens is 409 g/mol. The molecule has 0 bridgehead atoms. The van der Waals surface area contributed by atoms with Gasteiger partial charge in [0.05, 0.1) is 0 Å². The Hall–Kier alpha value is -3.22. The fourth-order valence-electron chi connectivity index (χ4n) is 3.31. The summed E-state index contributed by atoms with van der Waals surface area (Å²) >= 11 is 0. The van der Waals surface area contributed by atoms with Gasteiger partial charge < -0.3 is 15.5 Å². The maximum absolute atomic E-state index is 13.0. The van der Waals surface area contributed by atoms with Crippen molar-refractivity contribution in [1.82, 2.24) is 10.2 Å². The fourth-order valence-corrected chi connectivity index (χ4v) is 3.31. The topological polar surface area (TPSA) is 78.5 Å². The van der Waals surface area contributed by atoms with Crippen molar-refractivity contribution in [3.8, 4) is 0 Å². The van der Waals surface area contributed by atoms with Crippen molar-refractivity contribution in [2.24, 2.45) is 0 Å². The van der Waals surface area contributed by atoms with E-state index < -0.39 is 5.82 Å². The van der Waals surface area contributed by atoms with E-state index in [-0.39, 0.29) is 17.7 Å². The first kappa shape index (κ1) is 25.0. The third-order valence-electron chi connectivity index (χ3n) is 4.92. The number of nitrogens with zero attached hydrogens (tertiary/aromatic N) is 1. The van der Waals surface area contributed by atoms with Gasteiger partial charge >= 0.3 is 0 Å². The minimum Gasteiger partial charge on any atom is -0.352 e. The number of hydrogen-bond donors (Lipinski definition) is 2. The van der Waals surface area contributed by atoms with E-state index in [0.29, 0.717) is 37.1 Å². The van der Waals surface area contributed by atoms with E-state index in [2.05, 4.69) is 10.6 Å². The van der Waals surface area contributed by atoms with Gasteiger partial charge in [-0.15, -0.1) is 0 Å². The Morgan fingerprint density at radius 3 is 2.28 bits per heavy atom. The molecule has 172 valence electrons. The Morgan fingerprint density at radius 2 is 1.62 bits per heavy atom. The largest absolute Gasteiger partial charge is 0.352 e. The van der Waals surface area contributed by atoms with Crippen molar-refractivity contribution in [3.63, 3.8) is 0 Å². The summed E-state index contributed by atoms with van der Waals surface area (Å²) in [5.41, 5.74) is 1.78. The van der Waals surface area contributed by atoms with Crippen LogP contribution in [0, 0.1) is 5.82 Å². The molecule has 32 heavy (non-hydrogen) atoms. The Morgan fingerprint density at radius 1 is 0.938 bits per heavy atom. The average Bonchev–Trinajstić information content (AvgIpc) is 2.78. The maximum Gasteiger partial charge on any atom is 0.255 e. The molecule has 2 N–H and O–H groups in total. The second kappa shape index (κ2) is 13.2. The van der Waals surface area contributed by atoms with Crippen LogP contribution in [0.25, 0.3) is 0 Å². The second-order valence-corrected chi connectivity index (χ2v) is 7.67. The fraction of sp³-hybridized carbons (Fsp3) is 0.400. The minimum absolute atomic E-state index is 0.103. The number of amides is 3. The van der Waals surface area contributed by atoms with Crippen molar-refractivity contribution in [1.29, 1.82) is 0 Å². The molecule has 0 saturated carbocycles. The summed E-state index contributed by atoms with van der Waals surface area (Å²) < 4.78 is 13.0. The molecule has 0 unspecified atom stereocenters. The van der Waals surface area contributed by atoms with Crippen LogP contribution in [0.2, 0.25) is 0 Å². The number of nitrogens with one attached hydrogen (secondary N) is 2. The van der Waals surface area contributed by atoms with Gasteiger partial charge in [0.1, 0.15) is 5.82 Å². The first-order valence-electron chi connectivity index (χ1n) is 11.1. The highest BCUT2D eigenvalue weighted by Crippen LogP contribution is 2.13. The highest BCUT2D eigenvalue weighted by molar-refractivity contribution is 6.04. The van der Waals surface area contributed by atoms with E-state index in [9.17, 15) is 18.8 Å². The van der Waals surface area contributed by atoms with Gasteiger partial charge in [0.25, 0.3) is 5.91 Å². The lowest BCUT2D eigenvalue weighted by Crippen LogP contribution is -2.32.